The van der Waals surface area contributed by atoms with Crippen LogP contribution in [0.25, 0.3) is 0 Å². The van der Waals surface area contributed by atoms with Crippen LogP contribution in [-0.2, 0) is 4.79 Å². The van der Waals surface area contributed by atoms with Crippen LogP contribution in [-0.4, -0.2) is 22.5 Å². The highest BCUT2D eigenvalue weighted by molar-refractivity contribution is 14.1. The Hall–Kier alpha value is 0.350. The van der Waals surface area contributed by atoms with Crippen LogP contribution in [0.4, 0.5) is 0 Å². The van der Waals surface area contributed by atoms with Gasteiger partial charge in [-0.15, -0.1) is 0 Å². The highest BCUT2D eigenvalue weighted by atomic mass is 127. The highest BCUT2D eigenvalue weighted by Crippen LogP contribution is 2.30. The Morgan fingerprint density at radius 1 is 1.10 bits per heavy atom. The number of carbonyl (C=O) groups excluding carboxylic acids is 1. The van der Waals surface area contributed by atoms with Crippen LogP contribution in [0.5, 0.6) is 0 Å². The SMILES string of the molecule is O=C(NC1(C(=O)O)CCCCC1)c1cc(I)cc(I)c1I. The average molecular weight is 625 g/mol. The number of amides is 1. The first-order valence-electron chi connectivity index (χ1n) is 6.56. The summed E-state index contributed by atoms with van der Waals surface area (Å²) in [5, 5.41) is 12.3. The number of halogens is 3. The van der Waals surface area contributed by atoms with E-state index in [0.29, 0.717) is 18.4 Å². The summed E-state index contributed by atoms with van der Waals surface area (Å²) >= 11 is 6.49. The van der Waals surface area contributed by atoms with Gasteiger partial charge < -0.3 is 10.4 Å². The summed E-state index contributed by atoms with van der Waals surface area (Å²) in [5.74, 6) is -1.22. The molecule has 4 nitrogen and oxygen atoms in total. The fourth-order valence-electron chi connectivity index (χ4n) is 2.55. The molecule has 1 aromatic carbocycles. The molecule has 0 aliphatic heterocycles. The predicted molar refractivity (Wildman–Crippen MR) is 106 cm³/mol. The second-order valence-electron chi connectivity index (χ2n) is 5.15. The third-order valence-corrected chi connectivity index (χ3v) is 7.37. The minimum absolute atomic E-state index is 0.292. The fourth-order valence-corrected chi connectivity index (χ4v) is 4.95. The lowest BCUT2D eigenvalue weighted by Gasteiger charge is -2.34. The molecule has 1 saturated carbocycles. The Balaban J connectivity index is 2.30. The Morgan fingerprint density at radius 3 is 2.29 bits per heavy atom. The van der Waals surface area contributed by atoms with Crippen LogP contribution in [0.2, 0.25) is 0 Å². The Bertz CT molecular complexity index is 583. The minimum atomic E-state index is -1.11. The van der Waals surface area contributed by atoms with Crippen molar-refractivity contribution in [2.45, 2.75) is 37.6 Å². The number of rotatable bonds is 3. The molecule has 1 aliphatic rings. The molecule has 114 valence electrons. The average Bonchev–Trinajstić information content (AvgIpc) is 2.43. The van der Waals surface area contributed by atoms with Gasteiger partial charge >= 0.3 is 5.97 Å². The van der Waals surface area contributed by atoms with E-state index in [1.165, 1.54) is 0 Å². The normalized spacial score (nSPS) is 17.3. The maximum atomic E-state index is 12.6. The molecule has 0 saturated heterocycles. The first kappa shape index (κ1) is 17.7. The van der Waals surface area contributed by atoms with Crippen molar-refractivity contribution in [3.63, 3.8) is 0 Å². The molecule has 0 unspecified atom stereocenters. The summed E-state index contributed by atoms with van der Waals surface area (Å²) in [4.78, 5) is 24.2. The molecule has 7 heteroatoms. The number of carbonyl (C=O) groups is 2. The first-order valence-corrected chi connectivity index (χ1v) is 9.80. The molecule has 0 atom stereocenters. The zero-order valence-corrected chi connectivity index (χ0v) is 17.6. The third kappa shape index (κ3) is 4.01. The summed E-state index contributed by atoms with van der Waals surface area (Å²) < 4.78 is 2.83. The van der Waals surface area contributed by atoms with Gasteiger partial charge in [0.25, 0.3) is 5.91 Å². The molecule has 0 spiro atoms. The van der Waals surface area contributed by atoms with E-state index in [1.54, 1.807) is 6.07 Å². The van der Waals surface area contributed by atoms with Gasteiger partial charge in [-0.2, -0.15) is 0 Å². The van der Waals surface area contributed by atoms with Crippen LogP contribution in [0.1, 0.15) is 42.5 Å². The van der Waals surface area contributed by atoms with Crippen molar-refractivity contribution >= 4 is 79.6 Å². The van der Waals surface area contributed by atoms with E-state index in [1.807, 2.05) is 6.07 Å². The number of benzene rings is 1. The van der Waals surface area contributed by atoms with Gasteiger partial charge in [-0.25, -0.2) is 4.79 Å². The number of carboxylic acids is 1. The molecule has 21 heavy (non-hydrogen) atoms. The van der Waals surface area contributed by atoms with Crippen LogP contribution in [0.15, 0.2) is 12.1 Å². The van der Waals surface area contributed by atoms with Crippen LogP contribution >= 0.6 is 67.8 Å². The number of nitrogens with one attached hydrogen (secondary N) is 1. The van der Waals surface area contributed by atoms with Crippen LogP contribution in [0, 0.1) is 10.7 Å². The molecule has 1 fully saturated rings. The zero-order chi connectivity index (χ0) is 15.6. The topological polar surface area (TPSA) is 66.4 Å². The van der Waals surface area contributed by atoms with Gasteiger partial charge in [-0.3, -0.25) is 4.79 Å². The molecule has 1 amide bonds. The lowest BCUT2D eigenvalue weighted by Crippen LogP contribution is -2.55. The van der Waals surface area contributed by atoms with Crippen LogP contribution in [0.3, 0.4) is 0 Å². The number of hydrogen-bond acceptors (Lipinski definition) is 2. The second kappa shape index (κ2) is 7.28. The molecule has 0 radical (unpaired) electrons. The summed E-state index contributed by atoms with van der Waals surface area (Å²) in [6.45, 7) is 0. The fraction of sp³-hybridized carbons (Fsp3) is 0.429. The third-order valence-electron chi connectivity index (χ3n) is 3.71. The second-order valence-corrected chi connectivity index (χ2v) is 8.64. The van der Waals surface area contributed by atoms with Gasteiger partial charge in [0, 0.05) is 10.7 Å². The number of carboxylic acid groups (broad SMARTS) is 1. The van der Waals surface area contributed by atoms with Crippen LogP contribution < -0.4 is 5.32 Å². The minimum Gasteiger partial charge on any atom is -0.480 e. The van der Waals surface area contributed by atoms with Gasteiger partial charge in [-0.1, -0.05) is 19.3 Å². The molecular weight excluding hydrogens is 611 g/mol. The Labute approximate surface area is 164 Å². The zero-order valence-electron chi connectivity index (χ0n) is 11.1. The van der Waals surface area contributed by atoms with Crippen molar-refractivity contribution in [2.24, 2.45) is 0 Å². The van der Waals surface area contributed by atoms with Gasteiger partial charge in [0.1, 0.15) is 5.54 Å². The molecule has 0 heterocycles. The van der Waals surface area contributed by atoms with E-state index < -0.39 is 11.5 Å². The first-order chi connectivity index (χ1) is 9.85. The monoisotopic (exact) mass is 625 g/mol. The van der Waals surface area contributed by atoms with E-state index >= 15 is 0 Å². The number of hydrogen-bond donors (Lipinski definition) is 2. The van der Waals surface area contributed by atoms with Crippen molar-refractivity contribution in [1.82, 2.24) is 5.32 Å². The Morgan fingerprint density at radius 2 is 1.71 bits per heavy atom. The molecule has 2 rings (SSSR count). The summed E-state index contributed by atoms with van der Waals surface area (Å²) in [6.07, 6.45) is 3.72. The lowest BCUT2D eigenvalue weighted by molar-refractivity contribution is -0.145. The van der Waals surface area contributed by atoms with Gasteiger partial charge in [-0.05, 0) is 92.7 Å². The van der Waals surface area contributed by atoms with Crippen molar-refractivity contribution in [3.8, 4) is 0 Å². The van der Waals surface area contributed by atoms with Crippen molar-refractivity contribution in [2.75, 3.05) is 0 Å². The van der Waals surface area contributed by atoms with E-state index in [-0.39, 0.29) is 5.91 Å². The molecule has 2 N–H and O–H groups in total. The summed E-state index contributed by atoms with van der Waals surface area (Å²) in [6, 6.07) is 3.80. The standard InChI is InChI=1S/C14H14I3NO3/c15-8-6-9(11(17)10(16)7-8)12(19)18-14(13(20)21)4-2-1-3-5-14/h6-7H,1-5H2,(H,18,19)(H,20,21). The smallest absolute Gasteiger partial charge is 0.329 e. The van der Waals surface area contributed by atoms with E-state index in [9.17, 15) is 14.7 Å². The molecule has 0 aromatic heterocycles. The highest BCUT2D eigenvalue weighted by Gasteiger charge is 2.41. The maximum absolute atomic E-state index is 12.6. The van der Waals surface area contributed by atoms with Gasteiger partial charge in [0.15, 0.2) is 0 Å². The number of aliphatic carboxylic acids is 1. The lowest BCUT2D eigenvalue weighted by atomic mass is 9.81. The Kier molecular flexibility index (Phi) is 6.14. The largest absolute Gasteiger partial charge is 0.480 e. The summed E-state index contributed by atoms with van der Waals surface area (Å²) in [7, 11) is 0. The van der Waals surface area contributed by atoms with E-state index in [0.717, 1.165) is 30.0 Å². The molecule has 1 aromatic rings. The van der Waals surface area contributed by atoms with Crippen molar-refractivity contribution < 1.29 is 14.7 Å². The predicted octanol–water partition coefficient (Wildman–Crippen LogP) is 4.02. The van der Waals surface area contributed by atoms with E-state index in [4.69, 9.17) is 0 Å². The maximum Gasteiger partial charge on any atom is 0.329 e. The summed E-state index contributed by atoms with van der Waals surface area (Å²) in [5.41, 5.74) is -0.552. The van der Waals surface area contributed by atoms with Gasteiger partial charge in [0.2, 0.25) is 0 Å². The molecule has 0 bridgehead atoms. The van der Waals surface area contributed by atoms with E-state index in [2.05, 4.69) is 73.1 Å². The van der Waals surface area contributed by atoms with Gasteiger partial charge in [0.05, 0.1) is 5.56 Å². The molecule has 1 aliphatic carbocycles. The molecular formula is C14H14I3NO3. The van der Waals surface area contributed by atoms with Crippen molar-refractivity contribution in [1.29, 1.82) is 0 Å². The quantitative estimate of drug-likeness (QED) is 0.395. The van der Waals surface area contributed by atoms with Crippen molar-refractivity contribution in [3.05, 3.63) is 28.4 Å².